The lowest BCUT2D eigenvalue weighted by Gasteiger charge is -2.17. The van der Waals surface area contributed by atoms with Crippen LogP contribution in [-0.2, 0) is 6.54 Å². The molecule has 2 heterocycles. The number of pyridine rings is 1. The molecule has 3 N–H and O–H groups in total. The number of nitrogens with two attached hydrogens (primary N) is 1. The number of hydrogen-bond donors (Lipinski definition) is 2. The fourth-order valence-electron chi connectivity index (χ4n) is 3.27. The fourth-order valence-corrected chi connectivity index (χ4v) is 3.27. The maximum absolute atomic E-state index is 8.37. The molecular weight excluding hydrogens is 298 g/mol. The molecule has 1 aliphatic rings. The van der Waals surface area contributed by atoms with Crippen LogP contribution in [0.15, 0.2) is 30.5 Å². The van der Waals surface area contributed by atoms with Crippen molar-refractivity contribution >= 4 is 21.9 Å². The molecule has 1 aromatic carbocycles. The molecule has 0 aliphatic heterocycles. The number of imidazole rings is 1. The van der Waals surface area contributed by atoms with E-state index in [0.29, 0.717) is 6.54 Å². The highest BCUT2D eigenvalue weighted by molar-refractivity contribution is 6.01. The molecule has 3 aromatic rings. The van der Waals surface area contributed by atoms with Gasteiger partial charge < -0.3 is 10.7 Å². The first-order chi connectivity index (χ1) is 11.8. The molecule has 2 aromatic heterocycles. The number of benzene rings is 1. The van der Waals surface area contributed by atoms with Gasteiger partial charge in [0.1, 0.15) is 5.82 Å². The summed E-state index contributed by atoms with van der Waals surface area (Å²) in [5, 5.41) is 9.43. The molecule has 0 radical (unpaired) electrons. The third-order valence-electron chi connectivity index (χ3n) is 4.57. The maximum atomic E-state index is 8.37. The maximum Gasteiger partial charge on any atom is 0.121 e. The molecule has 1 saturated carbocycles. The Morgan fingerprint density at radius 1 is 1.21 bits per heavy atom. The van der Waals surface area contributed by atoms with E-state index in [1.54, 1.807) is 6.20 Å². The standard InChI is InChI=1S/C11H10N4.C8H13N/c12-5-10-14-9-6-13-8-4-2-1-3-7(8)11(9)15-10;9-7-6-8-4-2-1-3-5-8/h1-4,6H,5,12H2,(H,14,15);8H,1-6H2. The van der Waals surface area contributed by atoms with Gasteiger partial charge in [0.15, 0.2) is 0 Å². The number of fused-ring (bicyclic) bond motifs is 3. The van der Waals surface area contributed by atoms with Crippen molar-refractivity contribution in [3.8, 4) is 6.07 Å². The summed E-state index contributed by atoms with van der Waals surface area (Å²) in [6.45, 7) is 0.420. The lowest BCUT2D eigenvalue weighted by Crippen LogP contribution is -2.04. The van der Waals surface area contributed by atoms with Crippen LogP contribution in [0.4, 0.5) is 0 Å². The van der Waals surface area contributed by atoms with Gasteiger partial charge in [0.2, 0.25) is 0 Å². The number of nitrogens with one attached hydrogen (secondary N) is 1. The highest BCUT2D eigenvalue weighted by atomic mass is 14.9. The molecule has 5 heteroatoms. The average molecular weight is 321 g/mol. The van der Waals surface area contributed by atoms with Crippen molar-refractivity contribution in [1.82, 2.24) is 15.0 Å². The van der Waals surface area contributed by atoms with Crippen LogP contribution in [0.2, 0.25) is 0 Å². The quantitative estimate of drug-likeness (QED) is 0.745. The van der Waals surface area contributed by atoms with Gasteiger partial charge in [0, 0.05) is 11.8 Å². The number of aromatic nitrogens is 3. The van der Waals surface area contributed by atoms with E-state index in [4.69, 9.17) is 11.0 Å². The van der Waals surface area contributed by atoms with Crippen LogP contribution in [-0.4, -0.2) is 15.0 Å². The normalized spacial score (nSPS) is 15.0. The molecule has 0 amide bonds. The van der Waals surface area contributed by atoms with Crippen LogP contribution < -0.4 is 5.73 Å². The van der Waals surface area contributed by atoms with Crippen molar-refractivity contribution in [3.05, 3.63) is 36.3 Å². The number of aromatic amines is 1. The van der Waals surface area contributed by atoms with Gasteiger partial charge in [-0.15, -0.1) is 0 Å². The van der Waals surface area contributed by atoms with E-state index in [9.17, 15) is 0 Å². The summed E-state index contributed by atoms with van der Waals surface area (Å²) in [4.78, 5) is 11.9. The van der Waals surface area contributed by atoms with E-state index in [1.807, 2.05) is 24.3 Å². The molecule has 0 unspecified atom stereocenters. The van der Waals surface area contributed by atoms with E-state index >= 15 is 0 Å². The monoisotopic (exact) mass is 321 g/mol. The van der Waals surface area contributed by atoms with Gasteiger partial charge in [-0.1, -0.05) is 37.5 Å². The molecule has 24 heavy (non-hydrogen) atoms. The average Bonchev–Trinajstić information content (AvgIpc) is 3.07. The highest BCUT2D eigenvalue weighted by Crippen LogP contribution is 2.25. The van der Waals surface area contributed by atoms with E-state index in [0.717, 1.165) is 40.1 Å². The summed E-state index contributed by atoms with van der Waals surface area (Å²) in [6.07, 6.45) is 9.28. The second-order valence-corrected chi connectivity index (χ2v) is 6.29. The second-order valence-electron chi connectivity index (χ2n) is 6.29. The number of nitriles is 1. The SMILES string of the molecule is N#CCC1CCCCC1.NCc1nc2c(cnc3ccccc32)[nH]1. The Labute approximate surface area is 141 Å². The second kappa shape index (κ2) is 7.89. The van der Waals surface area contributed by atoms with Crippen LogP contribution in [0.3, 0.4) is 0 Å². The molecule has 0 bridgehead atoms. The van der Waals surface area contributed by atoms with Crippen molar-refractivity contribution in [1.29, 1.82) is 5.26 Å². The molecule has 1 aliphatic carbocycles. The molecule has 124 valence electrons. The zero-order valence-electron chi connectivity index (χ0n) is 13.8. The third kappa shape index (κ3) is 3.72. The van der Waals surface area contributed by atoms with Crippen molar-refractivity contribution < 1.29 is 0 Å². The number of nitrogens with zero attached hydrogens (tertiary/aromatic N) is 3. The minimum atomic E-state index is 0.420. The zero-order chi connectivity index (χ0) is 16.8. The molecule has 4 rings (SSSR count). The van der Waals surface area contributed by atoms with Crippen LogP contribution in [0.1, 0.15) is 44.3 Å². The van der Waals surface area contributed by atoms with Crippen molar-refractivity contribution in [2.45, 2.75) is 45.1 Å². The Kier molecular flexibility index (Phi) is 5.39. The Morgan fingerprint density at radius 3 is 2.75 bits per heavy atom. The summed E-state index contributed by atoms with van der Waals surface area (Å²) >= 11 is 0. The van der Waals surface area contributed by atoms with Crippen LogP contribution >= 0.6 is 0 Å². The minimum absolute atomic E-state index is 0.420. The number of para-hydroxylation sites is 1. The van der Waals surface area contributed by atoms with Gasteiger partial charge in [0.05, 0.1) is 35.4 Å². The Balaban J connectivity index is 0.000000162. The largest absolute Gasteiger partial charge is 0.340 e. The third-order valence-corrected chi connectivity index (χ3v) is 4.57. The predicted molar refractivity (Wildman–Crippen MR) is 96.1 cm³/mol. The van der Waals surface area contributed by atoms with Crippen LogP contribution in [0.25, 0.3) is 21.9 Å². The predicted octanol–water partition coefficient (Wildman–Crippen LogP) is 4.05. The molecule has 0 saturated heterocycles. The first kappa shape index (κ1) is 16.4. The van der Waals surface area contributed by atoms with Crippen LogP contribution in [0.5, 0.6) is 0 Å². The van der Waals surface area contributed by atoms with Crippen molar-refractivity contribution in [2.75, 3.05) is 0 Å². The molecule has 1 fully saturated rings. The molecule has 5 nitrogen and oxygen atoms in total. The smallest absolute Gasteiger partial charge is 0.121 e. The van der Waals surface area contributed by atoms with E-state index in [2.05, 4.69) is 21.0 Å². The first-order valence-electron chi connectivity index (χ1n) is 8.61. The lowest BCUT2D eigenvalue weighted by molar-refractivity contribution is 0.364. The zero-order valence-corrected chi connectivity index (χ0v) is 13.8. The van der Waals surface area contributed by atoms with E-state index in [1.165, 1.54) is 32.1 Å². The van der Waals surface area contributed by atoms with Gasteiger partial charge in [-0.25, -0.2) is 4.98 Å². The van der Waals surface area contributed by atoms with Crippen LogP contribution in [0, 0.1) is 17.2 Å². The van der Waals surface area contributed by atoms with E-state index in [-0.39, 0.29) is 0 Å². The van der Waals surface area contributed by atoms with Gasteiger partial charge in [0.25, 0.3) is 0 Å². The highest BCUT2D eigenvalue weighted by Gasteiger charge is 2.11. The summed E-state index contributed by atoms with van der Waals surface area (Å²) in [5.74, 6) is 1.53. The lowest BCUT2D eigenvalue weighted by atomic mass is 9.87. The number of H-pyrrole nitrogens is 1. The summed E-state index contributed by atoms with van der Waals surface area (Å²) < 4.78 is 0. The molecule has 0 atom stereocenters. The summed E-state index contributed by atoms with van der Waals surface area (Å²) in [7, 11) is 0. The summed E-state index contributed by atoms with van der Waals surface area (Å²) in [5.41, 5.74) is 8.39. The Bertz CT molecular complexity index is 840. The molecular formula is C19H23N5. The topological polar surface area (TPSA) is 91.4 Å². The van der Waals surface area contributed by atoms with Gasteiger partial charge in [-0.3, -0.25) is 4.98 Å². The number of rotatable bonds is 2. The first-order valence-corrected chi connectivity index (χ1v) is 8.61. The van der Waals surface area contributed by atoms with Gasteiger partial charge >= 0.3 is 0 Å². The minimum Gasteiger partial charge on any atom is -0.340 e. The Morgan fingerprint density at radius 2 is 2.00 bits per heavy atom. The van der Waals surface area contributed by atoms with E-state index < -0.39 is 0 Å². The van der Waals surface area contributed by atoms with Gasteiger partial charge in [-0.05, 0) is 24.8 Å². The number of hydrogen-bond acceptors (Lipinski definition) is 4. The summed E-state index contributed by atoms with van der Waals surface area (Å²) in [6, 6.07) is 10.2. The Hall–Kier alpha value is -2.45. The van der Waals surface area contributed by atoms with Gasteiger partial charge in [-0.2, -0.15) is 5.26 Å². The van der Waals surface area contributed by atoms with Crippen molar-refractivity contribution in [3.63, 3.8) is 0 Å². The van der Waals surface area contributed by atoms with Crippen molar-refractivity contribution in [2.24, 2.45) is 11.7 Å². The molecule has 0 spiro atoms. The fraction of sp³-hybridized carbons (Fsp3) is 0.421.